The summed E-state index contributed by atoms with van der Waals surface area (Å²) in [5.74, 6) is 0.0363. The third-order valence-corrected chi connectivity index (χ3v) is 2.05. The molecule has 1 aromatic heterocycles. The first-order chi connectivity index (χ1) is 6.36. The Hall–Kier alpha value is -1.43. The molecule has 2 rings (SSSR count). The van der Waals surface area contributed by atoms with Crippen LogP contribution >= 0.6 is 0 Å². The van der Waals surface area contributed by atoms with Crippen molar-refractivity contribution < 1.29 is 4.79 Å². The van der Waals surface area contributed by atoms with Gasteiger partial charge in [-0.05, 0) is 13.0 Å². The highest BCUT2D eigenvalue weighted by molar-refractivity contribution is 5.82. The first-order valence-corrected chi connectivity index (χ1v) is 4.22. The second kappa shape index (κ2) is 3.53. The zero-order valence-corrected chi connectivity index (χ0v) is 7.08. The first kappa shape index (κ1) is 8.18. The summed E-state index contributed by atoms with van der Waals surface area (Å²) in [7, 11) is 0. The fourth-order valence-electron chi connectivity index (χ4n) is 1.12. The predicted molar refractivity (Wildman–Crippen MR) is 44.6 cm³/mol. The van der Waals surface area contributed by atoms with Crippen LogP contribution in [0, 0.1) is 0 Å². The average molecular weight is 181 g/mol. The lowest BCUT2D eigenvalue weighted by atomic mass is 10.1. The van der Waals surface area contributed by atoms with Crippen LogP contribution in [0.4, 0.5) is 0 Å². The standard InChI is InChI=1S/C7H11N5O/c13-7(6-1-2-8-6)9-3-5-4-10-12-11-5/h4,6,8H,1-3H2,(H,9,13)(H,10,11,12)/t6-/m1/s1. The van der Waals surface area contributed by atoms with Crippen LogP contribution in [0.3, 0.4) is 0 Å². The maximum absolute atomic E-state index is 11.3. The SMILES string of the molecule is O=C(NCc1cn[nH]n1)[C@H]1CCN1. The van der Waals surface area contributed by atoms with Gasteiger partial charge in [-0.15, -0.1) is 0 Å². The van der Waals surface area contributed by atoms with Crippen LogP contribution in [0.2, 0.25) is 0 Å². The number of nitrogens with zero attached hydrogens (tertiary/aromatic N) is 2. The maximum atomic E-state index is 11.3. The first-order valence-electron chi connectivity index (χ1n) is 4.22. The molecule has 1 aliphatic heterocycles. The molecule has 0 aliphatic carbocycles. The minimum atomic E-state index is -0.00750. The fourth-order valence-corrected chi connectivity index (χ4v) is 1.12. The molecular formula is C7H11N5O. The second-order valence-corrected chi connectivity index (χ2v) is 2.97. The minimum absolute atomic E-state index is 0.00750. The summed E-state index contributed by atoms with van der Waals surface area (Å²) in [6.07, 6.45) is 2.51. The van der Waals surface area contributed by atoms with Gasteiger partial charge < -0.3 is 10.6 Å². The molecule has 1 fully saturated rings. The molecule has 13 heavy (non-hydrogen) atoms. The van der Waals surface area contributed by atoms with Crippen molar-refractivity contribution in [2.75, 3.05) is 6.54 Å². The number of H-pyrrole nitrogens is 1. The van der Waals surface area contributed by atoms with Crippen LogP contribution in [-0.4, -0.2) is 33.9 Å². The topological polar surface area (TPSA) is 82.7 Å². The third-order valence-electron chi connectivity index (χ3n) is 2.05. The second-order valence-electron chi connectivity index (χ2n) is 2.97. The van der Waals surface area contributed by atoms with E-state index in [4.69, 9.17) is 0 Å². The quantitative estimate of drug-likeness (QED) is 0.546. The number of aromatic nitrogens is 3. The number of hydrogen-bond acceptors (Lipinski definition) is 4. The zero-order chi connectivity index (χ0) is 9.10. The summed E-state index contributed by atoms with van der Waals surface area (Å²) in [6.45, 7) is 1.37. The minimum Gasteiger partial charge on any atom is -0.349 e. The van der Waals surface area contributed by atoms with Crippen LogP contribution in [0.1, 0.15) is 12.1 Å². The number of carbonyl (C=O) groups is 1. The average Bonchev–Trinajstić information content (AvgIpc) is 2.49. The highest BCUT2D eigenvalue weighted by Crippen LogP contribution is 2.01. The Balaban J connectivity index is 1.76. The summed E-state index contributed by atoms with van der Waals surface area (Å²) in [5.41, 5.74) is 0.743. The molecule has 1 aliphatic rings. The summed E-state index contributed by atoms with van der Waals surface area (Å²) in [5, 5.41) is 15.7. The van der Waals surface area contributed by atoms with Gasteiger partial charge in [-0.25, -0.2) is 0 Å². The number of hydrogen-bond donors (Lipinski definition) is 3. The molecule has 0 unspecified atom stereocenters. The molecule has 70 valence electrons. The van der Waals surface area contributed by atoms with Crippen molar-refractivity contribution in [3.63, 3.8) is 0 Å². The lowest BCUT2D eigenvalue weighted by Gasteiger charge is -2.25. The molecule has 6 nitrogen and oxygen atoms in total. The number of aromatic amines is 1. The van der Waals surface area contributed by atoms with Crippen LogP contribution in [-0.2, 0) is 11.3 Å². The van der Waals surface area contributed by atoms with E-state index in [1.807, 2.05) is 0 Å². The molecule has 1 aromatic rings. The normalized spacial score (nSPS) is 20.8. The van der Waals surface area contributed by atoms with Gasteiger partial charge in [0, 0.05) is 0 Å². The summed E-state index contributed by atoms with van der Waals surface area (Å²) >= 11 is 0. The molecule has 1 atom stereocenters. The summed E-state index contributed by atoms with van der Waals surface area (Å²) in [6, 6.07) is -0.00750. The molecule has 0 aromatic carbocycles. The Morgan fingerprint density at radius 3 is 3.15 bits per heavy atom. The van der Waals surface area contributed by atoms with Gasteiger partial charge in [0.2, 0.25) is 5.91 Å². The van der Waals surface area contributed by atoms with E-state index in [-0.39, 0.29) is 11.9 Å². The third kappa shape index (κ3) is 1.83. The number of amides is 1. The molecule has 6 heteroatoms. The molecule has 3 N–H and O–H groups in total. The summed E-state index contributed by atoms with van der Waals surface area (Å²) in [4.78, 5) is 11.3. The fraction of sp³-hybridized carbons (Fsp3) is 0.571. The van der Waals surface area contributed by atoms with E-state index < -0.39 is 0 Å². The van der Waals surface area contributed by atoms with E-state index in [1.54, 1.807) is 6.20 Å². The van der Waals surface area contributed by atoms with Crippen molar-refractivity contribution in [1.82, 2.24) is 26.0 Å². The van der Waals surface area contributed by atoms with Crippen molar-refractivity contribution >= 4 is 5.91 Å². The van der Waals surface area contributed by atoms with Crippen LogP contribution in [0.25, 0.3) is 0 Å². The Labute approximate surface area is 75.1 Å². The van der Waals surface area contributed by atoms with Crippen molar-refractivity contribution in [2.45, 2.75) is 19.0 Å². The van der Waals surface area contributed by atoms with Gasteiger partial charge in [0.25, 0.3) is 0 Å². The molecular weight excluding hydrogens is 170 g/mol. The highest BCUT2D eigenvalue weighted by atomic mass is 16.2. The molecule has 0 bridgehead atoms. The van der Waals surface area contributed by atoms with Crippen molar-refractivity contribution in [1.29, 1.82) is 0 Å². The van der Waals surface area contributed by atoms with Crippen molar-refractivity contribution in [2.24, 2.45) is 0 Å². The lowest BCUT2D eigenvalue weighted by Crippen LogP contribution is -2.52. The highest BCUT2D eigenvalue weighted by Gasteiger charge is 2.23. The van der Waals surface area contributed by atoms with Gasteiger partial charge >= 0.3 is 0 Å². The molecule has 0 saturated carbocycles. The molecule has 2 heterocycles. The van der Waals surface area contributed by atoms with Crippen LogP contribution in [0.15, 0.2) is 6.20 Å². The van der Waals surface area contributed by atoms with E-state index in [2.05, 4.69) is 26.0 Å². The van der Waals surface area contributed by atoms with E-state index >= 15 is 0 Å². The van der Waals surface area contributed by atoms with Crippen molar-refractivity contribution in [3.05, 3.63) is 11.9 Å². The Kier molecular flexibility index (Phi) is 2.22. The van der Waals surface area contributed by atoms with Gasteiger partial charge in [0.1, 0.15) is 5.69 Å². The molecule has 1 amide bonds. The van der Waals surface area contributed by atoms with E-state index in [1.165, 1.54) is 0 Å². The van der Waals surface area contributed by atoms with Crippen molar-refractivity contribution in [3.8, 4) is 0 Å². The van der Waals surface area contributed by atoms with Crippen LogP contribution < -0.4 is 10.6 Å². The molecule has 0 spiro atoms. The van der Waals surface area contributed by atoms with E-state index in [9.17, 15) is 4.79 Å². The smallest absolute Gasteiger partial charge is 0.237 e. The Morgan fingerprint density at radius 2 is 2.62 bits per heavy atom. The van der Waals surface area contributed by atoms with Crippen LogP contribution in [0.5, 0.6) is 0 Å². The number of carbonyl (C=O) groups excluding carboxylic acids is 1. The maximum Gasteiger partial charge on any atom is 0.237 e. The Morgan fingerprint density at radius 1 is 1.77 bits per heavy atom. The number of rotatable bonds is 3. The summed E-state index contributed by atoms with van der Waals surface area (Å²) < 4.78 is 0. The molecule has 0 radical (unpaired) electrons. The molecule has 1 saturated heterocycles. The zero-order valence-electron chi connectivity index (χ0n) is 7.08. The van der Waals surface area contributed by atoms with Gasteiger partial charge in [0.05, 0.1) is 18.8 Å². The number of nitrogens with one attached hydrogen (secondary N) is 3. The largest absolute Gasteiger partial charge is 0.349 e. The van der Waals surface area contributed by atoms with E-state index in [0.717, 1.165) is 18.7 Å². The van der Waals surface area contributed by atoms with E-state index in [0.29, 0.717) is 6.54 Å². The predicted octanol–water partition coefficient (Wildman–Crippen LogP) is -1.22. The van der Waals surface area contributed by atoms with Gasteiger partial charge in [-0.3, -0.25) is 4.79 Å². The van der Waals surface area contributed by atoms with Gasteiger partial charge in [-0.1, -0.05) is 0 Å². The monoisotopic (exact) mass is 181 g/mol. The Bertz CT molecular complexity index is 279. The van der Waals surface area contributed by atoms with Gasteiger partial charge in [0.15, 0.2) is 0 Å². The van der Waals surface area contributed by atoms with Gasteiger partial charge in [-0.2, -0.15) is 15.4 Å². The lowest BCUT2D eigenvalue weighted by molar-refractivity contribution is -0.124.